The summed E-state index contributed by atoms with van der Waals surface area (Å²) >= 11 is 1.67. The molecule has 0 fully saturated rings. The van der Waals surface area contributed by atoms with E-state index in [-0.39, 0.29) is 5.91 Å². The van der Waals surface area contributed by atoms with Crippen LogP contribution in [0, 0.1) is 0 Å². The van der Waals surface area contributed by atoms with Gasteiger partial charge < -0.3 is 10.3 Å². The lowest BCUT2D eigenvalue weighted by molar-refractivity contribution is 0.0957. The average Bonchev–Trinajstić information content (AvgIpc) is 3.12. The van der Waals surface area contributed by atoms with E-state index in [1.807, 2.05) is 6.20 Å². The zero-order chi connectivity index (χ0) is 13.8. The zero-order valence-electron chi connectivity index (χ0n) is 11.4. The number of carbonyl (C=O) groups is 1. The minimum absolute atomic E-state index is 0.0730. The Balaban J connectivity index is 1.48. The lowest BCUT2D eigenvalue weighted by Crippen LogP contribution is -2.24. The van der Waals surface area contributed by atoms with E-state index in [2.05, 4.69) is 21.4 Å². The number of thiophene rings is 1. The van der Waals surface area contributed by atoms with Gasteiger partial charge in [-0.1, -0.05) is 0 Å². The first-order chi connectivity index (χ1) is 9.83. The van der Waals surface area contributed by atoms with Crippen LogP contribution < -0.4 is 5.32 Å². The molecule has 2 heterocycles. The molecule has 106 valence electrons. The molecule has 0 bridgehead atoms. The van der Waals surface area contributed by atoms with Gasteiger partial charge in [-0.15, -0.1) is 11.3 Å². The fraction of sp³-hybridized carbons (Fsp3) is 0.467. The van der Waals surface area contributed by atoms with Crippen molar-refractivity contribution in [2.75, 3.05) is 6.54 Å². The topological polar surface area (TPSA) is 57.8 Å². The number of nitrogens with one attached hydrogen (secondary N) is 2. The number of aryl methyl sites for hydroxylation is 3. The Morgan fingerprint density at radius 3 is 3.10 bits per heavy atom. The van der Waals surface area contributed by atoms with Crippen LogP contribution >= 0.6 is 11.3 Å². The molecule has 0 radical (unpaired) electrons. The number of hydrogen-bond donors (Lipinski definition) is 2. The monoisotopic (exact) mass is 289 g/mol. The number of aromatic nitrogens is 2. The third-order valence-electron chi connectivity index (χ3n) is 3.65. The van der Waals surface area contributed by atoms with Crippen molar-refractivity contribution in [3.63, 3.8) is 0 Å². The summed E-state index contributed by atoms with van der Waals surface area (Å²) in [5.74, 6) is 1.05. The second kappa shape index (κ2) is 6.22. The Hall–Kier alpha value is -1.62. The van der Waals surface area contributed by atoms with Gasteiger partial charge in [-0.2, -0.15) is 0 Å². The van der Waals surface area contributed by atoms with Gasteiger partial charge >= 0.3 is 0 Å². The van der Waals surface area contributed by atoms with Crippen molar-refractivity contribution in [3.8, 4) is 0 Å². The minimum atomic E-state index is 0.0730. The van der Waals surface area contributed by atoms with E-state index < -0.39 is 0 Å². The molecule has 1 aliphatic rings. The van der Waals surface area contributed by atoms with E-state index in [1.54, 1.807) is 17.5 Å². The van der Waals surface area contributed by atoms with Crippen molar-refractivity contribution < 1.29 is 4.79 Å². The molecular weight excluding hydrogens is 270 g/mol. The van der Waals surface area contributed by atoms with Crippen LogP contribution in [0.5, 0.6) is 0 Å². The molecule has 5 heteroatoms. The van der Waals surface area contributed by atoms with Crippen LogP contribution in [0.15, 0.2) is 18.5 Å². The fourth-order valence-corrected chi connectivity index (χ4v) is 3.75. The van der Waals surface area contributed by atoms with E-state index in [9.17, 15) is 4.79 Å². The lowest BCUT2D eigenvalue weighted by Gasteiger charge is -2.08. The van der Waals surface area contributed by atoms with Gasteiger partial charge in [0.15, 0.2) is 0 Å². The van der Waals surface area contributed by atoms with Gasteiger partial charge in [0.25, 0.3) is 5.91 Å². The molecule has 20 heavy (non-hydrogen) atoms. The van der Waals surface area contributed by atoms with Crippen LogP contribution in [-0.2, 0) is 19.3 Å². The SMILES string of the molecule is O=C(NCCCc1ncc[nH]1)c1cc2c(s1)CCCC2. The molecule has 0 aliphatic heterocycles. The standard InChI is InChI=1S/C15H19N3OS/c19-15(18-7-3-6-14-16-8-9-17-14)13-10-11-4-1-2-5-12(11)20-13/h8-10H,1-7H2,(H,16,17)(H,18,19). The smallest absolute Gasteiger partial charge is 0.261 e. The first-order valence-corrected chi connectivity index (χ1v) is 8.02. The van der Waals surface area contributed by atoms with Crippen molar-refractivity contribution in [1.29, 1.82) is 0 Å². The van der Waals surface area contributed by atoms with Crippen molar-refractivity contribution in [3.05, 3.63) is 39.6 Å². The second-order valence-electron chi connectivity index (χ2n) is 5.16. The quantitative estimate of drug-likeness (QED) is 0.832. The highest BCUT2D eigenvalue weighted by atomic mass is 32.1. The number of carbonyl (C=O) groups excluding carboxylic acids is 1. The fourth-order valence-electron chi connectivity index (χ4n) is 2.58. The molecule has 4 nitrogen and oxygen atoms in total. The van der Waals surface area contributed by atoms with Crippen molar-refractivity contribution in [2.24, 2.45) is 0 Å². The molecule has 0 saturated heterocycles. The number of aromatic amines is 1. The van der Waals surface area contributed by atoms with Crippen LogP contribution in [0.4, 0.5) is 0 Å². The molecule has 0 atom stereocenters. The number of amides is 1. The molecule has 0 saturated carbocycles. The summed E-state index contributed by atoms with van der Waals surface area (Å²) in [5.41, 5.74) is 1.39. The van der Waals surface area contributed by atoms with Gasteiger partial charge in [0.05, 0.1) is 4.88 Å². The van der Waals surface area contributed by atoms with Gasteiger partial charge in [-0.25, -0.2) is 4.98 Å². The molecule has 2 N–H and O–H groups in total. The summed E-state index contributed by atoms with van der Waals surface area (Å²) in [4.78, 5) is 21.6. The van der Waals surface area contributed by atoms with Gasteiger partial charge in [0, 0.05) is 30.2 Å². The van der Waals surface area contributed by atoms with Crippen molar-refractivity contribution in [1.82, 2.24) is 15.3 Å². The second-order valence-corrected chi connectivity index (χ2v) is 6.30. The first kappa shape index (κ1) is 13.4. The summed E-state index contributed by atoms with van der Waals surface area (Å²) in [6.07, 6.45) is 10.2. The first-order valence-electron chi connectivity index (χ1n) is 7.21. The number of rotatable bonds is 5. The van der Waals surface area contributed by atoms with Gasteiger partial charge in [-0.05, 0) is 43.7 Å². The lowest BCUT2D eigenvalue weighted by atomic mass is 9.99. The van der Waals surface area contributed by atoms with Crippen LogP contribution in [0.1, 0.15) is 45.2 Å². The molecule has 1 amide bonds. The van der Waals surface area contributed by atoms with Crippen LogP contribution in [0.2, 0.25) is 0 Å². The summed E-state index contributed by atoms with van der Waals surface area (Å²) < 4.78 is 0. The van der Waals surface area contributed by atoms with Gasteiger partial charge in [0.1, 0.15) is 5.82 Å². The number of H-pyrrole nitrogens is 1. The Morgan fingerprint density at radius 1 is 1.40 bits per heavy atom. The highest BCUT2D eigenvalue weighted by Gasteiger charge is 2.16. The predicted octanol–water partition coefficient (Wildman–Crippen LogP) is 2.71. The van der Waals surface area contributed by atoms with E-state index in [0.29, 0.717) is 6.54 Å². The molecule has 0 spiro atoms. The number of nitrogens with zero attached hydrogens (tertiary/aromatic N) is 1. The Labute approximate surface area is 122 Å². The van der Waals surface area contributed by atoms with E-state index in [0.717, 1.165) is 36.4 Å². The number of imidazole rings is 1. The Bertz CT molecular complexity index is 550. The van der Waals surface area contributed by atoms with E-state index in [4.69, 9.17) is 0 Å². The largest absolute Gasteiger partial charge is 0.351 e. The Morgan fingerprint density at radius 2 is 2.30 bits per heavy atom. The van der Waals surface area contributed by atoms with Gasteiger partial charge in [0.2, 0.25) is 0 Å². The number of hydrogen-bond acceptors (Lipinski definition) is 3. The highest BCUT2D eigenvalue weighted by molar-refractivity contribution is 7.14. The van der Waals surface area contributed by atoms with Crippen LogP contribution in [0.3, 0.4) is 0 Å². The van der Waals surface area contributed by atoms with Crippen LogP contribution in [-0.4, -0.2) is 22.4 Å². The maximum atomic E-state index is 12.1. The Kier molecular flexibility index (Phi) is 4.16. The third-order valence-corrected chi connectivity index (χ3v) is 4.89. The molecule has 3 rings (SSSR count). The van der Waals surface area contributed by atoms with E-state index in [1.165, 1.54) is 23.3 Å². The minimum Gasteiger partial charge on any atom is -0.351 e. The van der Waals surface area contributed by atoms with Crippen molar-refractivity contribution in [2.45, 2.75) is 38.5 Å². The van der Waals surface area contributed by atoms with Gasteiger partial charge in [-0.3, -0.25) is 4.79 Å². The van der Waals surface area contributed by atoms with Crippen molar-refractivity contribution >= 4 is 17.2 Å². The number of fused-ring (bicyclic) bond motifs is 1. The molecule has 0 aromatic carbocycles. The zero-order valence-corrected chi connectivity index (χ0v) is 12.3. The molecule has 2 aromatic heterocycles. The predicted molar refractivity (Wildman–Crippen MR) is 80.2 cm³/mol. The summed E-state index contributed by atoms with van der Waals surface area (Å²) in [6.45, 7) is 0.697. The summed E-state index contributed by atoms with van der Waals surface area (Å²) in [5, 5.41) is 3.00. The third kappa shape index (κ3) is 3.10. The maximum absolute atomic E-state index is 12.1. The molecule has 0 unspecified atom stereocenters. The molecule has 2 aromatic rings. The summed E-state index contributed by atoms with van der Waals surface area (Å²) in [6, 6.07) is 2.08. The van der Waals surface area contributed by atoms with E-state index >= 15 is 0 Å². The average molecular weight is 289 g/mol. The molecule has 1 aliphatic carbocycles. The maximum Gasteiger partial charge on any atom is 0.261 e. The normalized spacial score (nSPS) is 14.0. The highest BCUT2D eigenvalue weighted by Crippen LogP contribution is 2.29. The molecular formula is C15H19N3OS. The summed E-state index contributed by atoms with van der Waals surface area (Å²) in [7, 11) is 0. The van der Waals surface area contributed by atoms with Crippen LogP contribution in [0.25, 0.3) is 0 Å².